The minimum absolute atomic E-state index is 1.18. The van der Waals surface area contributed by atoms with Crippen LogP contribution in [0.3, 0.4) is 0 Å². The van der Waals surface area contributed by atoms with Crippen molar-refractivity contribution in [1.82, 2.24) is 9.13 Å². The van der Waals surface area contributed by atoms with Gasteiger partial charge in [0.05, 0.1) is 22.1 Å². The van der Waals surface area contributed by atoms with Crippen LogP contribution in [0.1, 0.15) is 5.56 Å². The second kappa shape index (κ2) is 10.8. The highest BCUT2D eigenvalue weighted by Crippen LogP contribution is 2.38. The highest BCUT2D eigenvalue weighted by Gasteiger charge is 2.15. The molecule has 2 nitrogen and oxygen atoms in total. The SMILES string of the molecule is Cc1ccc(-n2c3ccccc3c3ccc(-c4ccc(-c5ccc6c7ccccc7n(-c7ccc8ccccc8c7)c6c5)cc4)cc32)cc1. The summed E-state index contributed by atoms with van der Waals surface area (Å²) in [5.41, 5.74) is 13.3. The molecule has 0 spiro atoms. The van der Waals surface area contributed by atoms with Gasteiger partial charge < -0.3 is 9.13 Å². The van der Waals surface area contributed by atoms with E-state index in [1.165, 1.54) is 93.6 Å². The molecule has 0 saturated carbocycles. The number of aryl methyl sites for hydroxylation is 1. The first-order valence-electron chi connectivity index (χ1n) is 16.9. The van der Waals surface area contributed by atoms with Crippen LogP contribution >= 0.6 is 0 Å². The maximum absolute atomic E-state index is 2.41. The number of aromatic nitrogens is 2. The summed E-state index contributed by atoms with van der Waals surface area (Å²) in [7, 11) is 0. The summed E-state index contributed by atoms with van der Waals surface area (Å²) in [6.07, 6.45) is 0. The van der Waals surface area contributed by atoms with Crippen LogP contribution < -0.4 is 0 Å². The molecule has 0 fully saturated rings. The van der Waals surface area contributed by atoms with Crippen molar-refractivity contribution < 1.29 is 0 Å². The first-order chi connectivity index (χ1) is 24.2. The third kappa shape index (κ3) is 4.42. The first kappa shape index (κ1) is 27.7. The van der Waals surface area contributed by atoms with E-state index in [1.54, 1.807) is 0 Å². The van der Waals surface area contributed by atoms with Crippen molar-refractivity contribution in [2.75, 3.05) is 0 Å². The molecule has 0 radical (unpaired) electrons. The summed E-state index contributed by atoms with van der Waals surface area (Å²) in [6.45, 7) is 2.14. The molecule has 230 valence electrons. The van der Waals surface area contributed by atoms with Crippen molar-refractivity contribution in [3.05, 3.63) is 181 Å². The lowest BCUT2D eigenvalue weighted by Gasteiger charge is -2.11. The zero-order chi connectivity index (χ0) is 32.5. The van der Waals surface area contributed by atoms with Crippen molar-refractivity contribution in [2.24, 2.45) is 0 Å². The zero-order valence-electron chi connectivity index (χ0n) is 27.1. The molecule has 0 aliphatic rings. The summed E-state index contributed by atoms with van der Waals surface area (Å²) >= 11 is 0. The van der Waals surface area contributed by atoms with Crippen molar-refractivity contribution in [3.63, 3.8) is 0 Å². The summed E-state index contributed by atoms with van der Waals surface area (Å²) < 4.78 is 4.81. The van der Waals surface area contributed by atoms with Gasteiger partial charge in [-0.05, 0) is 88.5 Å². The van der Waals surface area contributed by atoms with Gasteiger partial charge in [-0.25, -0.2) is 0 Å². The number of fused-ring (bicyclic) bond motifs is 7. The molecule has 0 unspecified atom stereocenters. The van der Waals surface area contributed by atoms with Crippen LogP contribution in [0.4, 0.5) is 0 Å². The fraction of sp³-hybridized carbons (Fsp3) is 0.0213. The van der Waals surface area contributed by atoms with Gasteiger partial charge in [-0.1, -0.05) is 133 Å². The second-order valence-electron chi connectivity index (χ2n) is 13.1. The van der Waals surface area contributed by atoms with Gasteiger partial charge in [-0.3, -0.25) is 0 Å². The Morgan fingerprint density at radius 1 is 0.306 bits per heavy atom. The molecule has 10 rings (SSSR count). The number of benzene rings is 8. The molecule has 0 atom stereocenters. The van der Waals surface area contributed by atoms with Gasteiger partial charge in [0.2, 0.25) is 0 Å². The third-order valence-corrected chi connectivity index (χ3v) is 10.2. The van der Waals surface area contributed by atoms with E-state index in [-0.39, 0.29) is 0 Å². The second-order valence-corrected chi connectivity index (χ2v) is 13.1. The maximum atomic E-state index is 2.41. The largest absolute Gasteiger partial charge is 0.309 e. The fourth-order valence-electron chi connectivity index (χ4n) is 7.72. The molecule has 2 aromatic heterocycles. The molecule has 0 aliphatic heterocycles. The third-order valence-electron chi connectivity index (χ3n) is 10.2. The van der Waals surface area contributed by atoms with Crippen LogP contribution in [-0.2, 0) is 0 Å². The lowest BCUT2D eigenvalue weighted by atomic mass is 9.98. The Balaban J connectivity index is 1.08. The quantitative estimate of drug-likeness (QED) is 0.184. The van der Waals surface area contributed by atoms with Gasteiger partial charge in [-0.2, -0.15) is 0 Å². The highest BCUT2D eigenvalue weighted by molar-refractivity contribution is 6.11. The van der Waals surface area contributed by atoms with E-state index in [1.807, 2.05) is 0 Å². The lowest BCUT2D eigenvalue weighted by molar-refractivity contribution is 1.17. The molecule has 2 heteroatoms. The standard InChI is InChI=1S/C47H32N2/c1-31-14-23-38(24-15-31)48-44-12-6-4-10-40(44)42-26-21-36(29-46(42)48)33-16-18-34(19-17-33)37-22-27-43-41-11-5-7-13-45(41)49(47(43)30-37)39-25-20-32-8-2-3-9-35(32)28-39/h2-30H,1H3. The molecular formula is C47H32N2. The van der Waals surface area contributed by atoms with Crippen LogP contribution in [-0.4, -0.2) is 9.13 Å². The molecule has 2 heterocycles. The van der Waals surface area contributed by atoms with E-state index in [4.69, 9.17) is 0 Å². The molecule has 0 saturated heterocycles. The van der Waals surface area contributed by atoms with Crippen LogP contribution in [0.2, 0.25) is 0 Å². The summed E-state index contributed by atoms with van der Waals surface area (Å²) in [5, 5.41) is 7.58. The lowest BCUT2D eigenvalue weighted by Crippen LogP contribution is -1.94. The Morgan fingerprint density at radius 3 is 1.35 bits per heavy atom. The first-order valence-corrected chi connectivity index (χ1v) is 16.9. The minimum Gasteiger partial charge on any atom is -0.309 e. The van der Waals surface area contributed by atoms with Crippen molar-refractivity contribution in [3.8, 4) is 33.6 Å². The molecule has 10 aromatic rings. The minimum atomic E-state index is 1.18. The Kier molecular flexibility index (Phi) is 6.13. The number of hydrogen-bond acceptors (Lipinski definition) is 0. The average molecular weight is 625 g/mol. The van der Waals surface area contributed by atoms with E-state index < -0.39 is 0 Å². The molecule has 0 bridgehead atoms. The summed E-state index contributed by atoms with van der Waals surface area (Å²) in [6, 6.07) is 64.5. The fourth-order valence-corrected chi connectivity index (χ4v) is 7.72. The average Bonchev–Trinajstić information content (AvgIpc) is 3.67. The van der Waals surface area contributed by atoms with E-state index in [0.29, 0.717) is 0 Å². The summed E-state index contributed by atoms with van der Waals surface area (Å²) in [5.74, 6) is 0. The molecule has 0 amide bonds. The predicted molar refractivity (Wildman–Crippen MR) is 208 cm³/mol. The maximum Gasteiger partial charge on any atom is 0.0547 e. The van der Waals surface area contributed by atoms with Gasteiger partial charge in [0.15, 0.2) is 0 Å². The smallest absolute Gasteiger partial charge is 0.0547 e. The molecule has 49 heavy (non-hydrogen) atoms. The van der Waals surface area contributed by atoms with Gasteiger partial charge >= 0.3 is 0 Å². The van der Waals surface area contributed by atoms with Crippen molar-refractivity contribution >= 4 is 54.4 Å². The number of para-hydroxylation sites is 2. The Morgan fingerprint density at radius 2 is 0.755 bits per heavy atom. The normalized spacial score (nSPS) is 11.8. The molecule has 0 aliphatic carbocycles. The zero-order valence-corrected chi connectivity index (χ0v) is 27.1. The van der Waals surface area contributed by atoms with Gasteiger partial charge in [0.25, 0.3) is 0 Å². The van der Waals surface area contributed by atoms with E-state index >= 15 is 0 Å². The Labute approximate surface area is 284 Å². The number of hydrogen-bond donors (Lipinski definition) is 0. The molecular weight excluding hydrogens is 593 g/mol. The van der Waals surface area contributed by atoms with Gasteiger partial charge in [0, 0.05) is 32.9 Å². The van der Waals surface area contributed by atoms with E-state index in [9.17, 15) is 0 Å². The Bertz CT molecular complexity index is 2870. The highest BCUT2D eigenvalue weighted by atomic mass is 15.0. The van der Waals surface area contributed by atoms with Crippen LogP contribution in [0.5, 0.6) is 0 Å². The van der Waals surface area contributed by atoms with E-state index in [0.717, 1.165) is 0 Å². The molecule has 8 aromatic carbocycles. The molecule has 0 N–H and O–H groups in total. The van der Waals surface area contributed by atoms with E-state index in [2.05, 4.69) is 192 Å². The van der Waals surface area contributed by atoms with Crippen LogP contribution in [0.25, 0.3) is 88.0 Å². The monoisotopic (exact) mass is 624 g/mol. The van der Waals surface area contributed by atoms with Crippen molar-refractivity contribution in [1.29, 1.82) is 0 Å². The Hall–Kier alpha value is -6.38. The van der Waals surface area contributed by atoms with Gasteiger partial charge in [0.1, 0.15) is 0 Å². The number of rotatable bonds is 4. The topological polar surface area (TPSA) is 9.86 Å². The van der Waals surface area contributed by atoms with Gasteiger partial charge in [-0.15, -0.1) is 0 Å². The number of nitrogens with zero attached hydrogens (tertiary/aromatic N) is 2. The van der Waals surface area contributed by atoms with Crippen LogP contribution in [0, 0.1) is 6.92 Å². The van der Waals surface area contributed by atoms with Crippen LogP contribution in [0.15, 0.2) is 176 Å². The predicted octanol–water partition coefficient (Wildman–Crippen LogP) is 12.7. The van der Waals surface area contributed by atoms with Crippen molar-refractivity contribution in [2.45, 2.75) is 6.92 Å². The summed E-state index contributed by atoms with van der Waals surface area (Å²) in [4.78, 5) is 0.